The van der Waals surface area contributed by atoms with E-state index in [1.165, 1.54) is 7.11 Å². The van der Waals surface area contributed by atoms with Crippen molar-refractivity contribution < 1.29 is 9.53 Å². The number of hydrogen-bond donors (Lipinski definition) is 3. The maximum absolute atomic E-state index is 10.9. The Labute approximate surface area is 107 Å². The topological polar surface area (TPSA) is 102 Å². The average Bonchev–Trinajstić information content (AvgIpc) is 2.32. The SMILES string of the molecule is COC(=O)CCNc1ncc(Br)nc1NCN. The molecule has 0 aliphatic heterocycles. The molecule has 0 aliphatic carbocycles. The molecule has 4 N–H and O–H groups in total. The van der Waals surface area contributed by atoms with Gasteiger partial charge in [0, 0.05) is 6.54 Å². The molecule has 94 valence electrons. The van der Waals surface area contributed by atoms with Gasteiger partial charge in [0.25, 0.3) is 0 Å². The van der Waals surface area contributed by atoms with Crippen LogP contribution >= 0.6 is 15.9 Å². The zero-order valence-electron chi connectivity index (χ0n) is 9.36. The van der Waals surface area contributed by atoms with E-state index in [0.717, 1.165) is 0 Å². The average molecular weight is 304 g/mol. The van der Waals surface area contributed by atoms with Crippen molar-refractivity contribution >= 4 is 33.5 Å². The van der Waals surface area contributed by atoms with Gasteiger partial charge in [0.05, 0.1) is 26.4 Å². The van der Waals surface area contributed by atoms with Gasteiger partial charge >= 0.3 is 5.97 Å². The van der Waals surface area contributed by atoms with E-state index in [9.17, 15) is 4.79 Å². The summed E-state index contributed by atoms with van der Waals surface area (Å²) in [5.74, 6) is 0.796. The van der Waals surface area contributed by atoms with E-state index >= 15 is 0 Å². The van der Waals surface area contributed by atoms with Gasteiger partial charge in [0.2, 0.25) is 0 Å². The number of carbonyl (C=O) groups excluding carboxylic acids is 1. The van der Waals surface area contributed by atoms with Crippen LogP contribution in [0.15, 0.2) is 10.8 Å². The number of nitrogens with one attached hydrogen (secondary N) is 2. The van der Waals surface area contributed by atoms with Gasteiger partial charge in [0.15, 0.2) is 11.6 Å². The van der Waals surface area contributed by atoms with E-state index in [1.807, 2.05) is 0 Å². The Morgan fingerprint density at radius 2 is 2.29 bits per heavy atom. The Bertz CT molecular complexity index is 388. The lowest BCUT2D eigenvalue weighted by Crippen LogP contribution is -2.16. The molecule has 1 aromatic rings. The third-order valence-corrected chi connectivity index (χ3v) is 2.24. The molecule has 1 aromatic heterocycles. The monoisotopic (exact) mass is 303 g/mol. The molecule has 7 nitrogen and oxygen atoms in total. The van der Waals surface area contributed by atoms with Crippen molar-refractivity contribution in [2.45, 2.75) is 6.42 Å². The van der Waals surface area contributed by atoms with Crippen molar-refractivity contribution in [3.05, 3.63) is 10.8 Å². The number of nitrogens with zero attached hydrogens (tertiary/aromatic N) is 2. The van der Waals surface area contributed by atoms with Gasteiger partial charge < -0.3 is 21.1 Å². The number of aromatic nitrogens is 2. The fourth-order valence-electron chi connectivity index (χ4n) is 1.10. The molecule has 0 fully saturated rings. The Balaban J connectivity index is 2.60. The summed E-state index contributed by atoms with van der Waals surface area (Å²) in [6, 6.07) is 0. The van der Waals surface area contributed by atoms with Gasteiger partial charge in [-0.25, -0.2) is 9.97 Å². The first-order chi connectivity index (χ1) is 8.17. The van der Waals surface area contributed by atoms with Crippen LogP contribution in [0, 0.1) is 0 Å². The molecule has 1 heterocycles. The molecule has 0 amide bonds. The highest BCUT2D eigenvalue weighted by molar-refractivity contribution is 9.10. The Hall–Kier alpha value is -1.41. The molecule has 0 saturated heterocycles. The minimum Gasteiger partial charge on any atom is -0.469 e. The second kappa shape index (κ2) is 7.02. The van der Waals surface area contributed by atoms with Crippen molar-refractivity contribution in [3.63, 3.8) is 0 Å². The van der Waals surface area contributed by atoms with Crippen LogP contribution in [0.5, 0.6) is 0 Å². The summed E-state index contributed by atoms with van der Waals surface area (Å²) in [6.07, 6.45) is 1.82. The van der Waals surface area contributed by atoms with Crippen LogP contribution in [-0.4, -0.2) is 36.3 Å². The largest absolute Gasteiger partial charge is 0.469 e. The zero-order valence-corrected chi connectivity index (χ0v) is 11.0. The van der Waals surface area contributed by atoms with Crippen molar-refractivity contribution in [3.8, 4) is 0 Å². The third kappa shape index (κ3) is 4.53. The van der Waals surface area contributed by atoms with Crippen LogP contribution in [0.3, 0.4) is 0 Å². The van der Waals surface area contributed by atoms with Crippen molar-refractivity contribution in [1.29, 1.82) is 0 Å². The third-order valence-electron chi connectivity index (χ3n) is 1.86. The smallest absolute Gasteiger partial charge is 0.307 e. The van der Waals surface area contributed by atoms with Gasteiger partial charge in [-0.15, -0.1) is 0 Å². The highest BCUT2D eigenvalue weighted by Crippen LogP contribution is 2.18. The summed E-state index contributed by atoms with van der Waals surface area (Å²) in [6.45, 7) is 0.666. The van der Waals surface area contributed by atoms with Crippen LogP contribution in [0.4, 0.5) is 11.6 Å². The van der Waals surface area contributed by atoms with Gasteiger partial charge in [-0.05, 0) is 15.9 Å². The molecule has 8 heteroatoms. The molecule has 0 bridgehead atoms. The van der Waals surface area contributed by atoms with E-state index in [1.54, 1.807) is 6.20 Å². The maximum Gasteiger partial charge on any atom is 0.307 e. The number of anilines is 2. The molecule has 0 radical (unpaired) electrons. The van der Waals surface area contributed by atoms with E-state index in [4.69, 9.17) is 5.73 Å². The summed E-state index contributed by atoms with van der Waals surface area (Å²) in [7, 11) is 1.35. The van der Waals surface area contributed by atoms with E-state index in [0.29, 0.717) is 22.8 Å². The van der Waals surface area contributed by atoms with E-state index in [2.05, 4.69) is 41.3 Å². The quantitative estimate of drug-likeness (QED) is 0.521. The van der Waals surface area contributed by atoms with Gasteiger partial charge in [-0.1, -0.05) is 0 Å². The molecule has 0 spiro atoms. The second-order valence-corrected chi connectivity index (χ2v) is 3.84. The first kappa shape index (κ1) is 13.7. The number of esters is 1. The van der Waals surface area contributed by atoms with Gasteiger partial charge in [0.1, 0.15) is 4.60 Å². The summed E-state index contributed by atoms with van der Waals surface area (Å²) < 4.78 is 5.13. The van der Waals surface area contributed by atoms with Gasteiger partial charge in [-0.3, -0.25) is 4.79 Å². The first-order valence-electron chi connectivity index (χ1n) is 4.94. The fourth-order valence-corrected chi connectivity index (χ4v) is 1.38. The molecule has 0 aromatic carbocycles. The standard InChI is InChI=1S/C9H14BrN5O2/c1-17-7(16)2-3-12-8-9(14-5-11)15-6(10)4-13-8/h4H,2-3,5,11H2,1H3,(H,12,13)(H,14,15). The summed E-state index contributed by atoms with van der Waals surface area (Å²) in [4.78, 5) is 19.2. The van der Waals surface area contributed by atoms with Crippen LogP contribution in [0.25, 0.3) is 0 Å². The van der Waals surface area contributed by atoms with Gasteiger partial charge in [-0.2, -0.15) is 0 Å². The predicted molar refractivity (Wildman–Crippen MR) is 67.5 cm³/mol. The predicted octanol–water partition coefficient (Wildman–Crippen LogP) is 0.542. The molecule has 17 heavy (non-hydrogen) atoms. The lowest BCUT2D eigenvalue weighted by Gasteiger charge is -2.10. The molecular weight excluding hydrogens is 290 g/mol. The zero-order chi connectivity index (χ0) is 12.7. The number of methoxy groups -OCH3 is 1. The summed E-state index contributed by atoms with van der Waals surface area (Å²) in [5.41, 5.74) is 5.38. The number of carbonyl (C=O) groups is 1. The second-order valence-electron chi connectivity index (χ2n) is 3.02. The maximum atomic E-state index is 10.9. The minimum absolute atomic E-state index is 0.247. The van der Waals surface area contributed by atoms with Crippen molar-refractivity contribution in [2.75, 3.05) is 31.0 Å². The lowest BCUT2D eigenvalue weighted by molar-refractivity contribution is -0.140. The van der Waals surface area contributed by atoms with Crippen LogP contribution in [0.2, 0.25) is 0 Å². The lowest BCUT2D eigenvalue weighted by atomic mass is 10.4. The minimum atomic E-state index is -0.282. The summed E-state index contributed by atoms with van der Waals surface area (Å²) >= 11 is 3.21. The van der Waals surface area contributed by atoms with E-state index < -0.39 is 0 Å². The molecule has 0 unspecified atom stereocenters. The Morgan fingerprint density at radius 3 is 2.94 bits per heavy atom. The van der Waals surface area contributed by atoms with Crippen LogP contribution < -0.4 is 16.4 Å². The number of hydrogen-bond acceptors (Lipinski definition) is 7. The molecule has 1 rings (SSSR count). The summed E-state index contributed by atoms with van der Waals surface area (Å²) in [5, 5.41) is 5.84. The van der Waals surface area contributed by atoms with E-state index in [-0.39, 0.29) is 19.1 Å². The normalized spacial score (nSPS) is 9.82. The Morgan fingerprint density at radius 1 is 1.53 bits per heavy atom. The van der Waals surface area contributed by atoms with Crippen molar-refractivity contribution in [2.24, 2.45) is 5.73 Å². The Kier molecular flexibility index (Phi) is 5.64. The fraction of sp³-hybridized carbons (Fsp3) is 0.444. The molecule has 0 atom stereocenters. The van der Waals surface area contributed by atoms with Crippen LogP contribution in [-0.2, 0) is 9.53 Å². The van der Waals surface area contributed by atoms with Crippen LogP contribution in [0.1, 0.15) is 6.42 Å². The highest BCUT2D eigenvalue weighted by atomic mass is 79.9. The number of rotatable bonds is 6. The number of halogens is 1. The highest BCUT2D eigenvalue weighted by Gasteiger charge is 2.06. The molecule has 0 saturated carbocycles. The molecule has 0 aliphatic rings. The van der Waals surface area contributed by atoms with Crippen molar-refractivity contribution in [1.82, 2.24) is 9.97 Å². The number of nitrogens with two attached hydrogens (primary N) is 1. The molecular formula is C9H14BrN5O2. The number of ether oxygens (including phenoxy) is 1. The first-order valence-corrected chi connectivity index (χ1v) is 5.74.